The van der Waals surface area contributed by atoms with Crippen LogP contribution >= 0.6 is 0 Å². The molecule has 0 amide bonds. The molecule has 1 aromatic heterocycles. The summed E-state index contributed by atoms with van der Waals surface area (Å²) in [5.41, 5.74) is 7.76. The van der Waals surface area contributed by atoms with Crippen LogP contribution in [0.1, 0.15) is 5.56 Å². The van der Waals surface area contributed by atoms with Gasteiger partial charge in [-0.05, 0) is 59.7 Å². The maximum Gasteiger partial charge on any atom is 0.151 e. The Kier molecular flexibility index (Phi) is 4.79. The summed E-state index contributed by atoms with van der Waals surface area (Å²) in [5.74, 6) is 1.68. The number of benzene rings is 4. The summed E-state index contributed by atoms with van der Waals surface area (Å²) >= 11 is 0. The molecular weight excluding hydrogens is 418 g/mol. The number of aromatic nitrogens is 1. The number of ether oxygens (including phenoxy) is 1. The van der Waals surface area contributed by atoms with Gasteiger partial charge in [0.25, 0.3) is 0 Å². The van der Waals surface area contributed by atoms with Crippen LogP contribution in [0.4, 0.5) is 17.1 Å². The van der Waals surface area contributed by atoms with Gasteiger partial charge in [0.1, 0.15) is 6.07 Å². The van der Waals surface area contributed by atoms with Crippen LogP contribution in [-0.2, 0) is 0 Å². The van der Waals surface area contributed by atoms with Crippen molar-refractivity contribution in [2.24, 2.45) is 0 Å². The maximum atomic E-state index is 8.99. The molecule has 0 bridgehead atoms. The number of rotatable bonds is 3. The van der Waals surface area contributed by atoms with Crippen molar-refractivity contribution in [2.75, 3.05) is 4.90 Å². The molecule has 160 valence electrons. The Labute approximate surface area is 198 Å². The Balaban J connectivity index is 1.38. The highest BCUT2D eigenvalue weighted by molar-refractivity contribution is 5.87. The number of pyridine rings is 1. The summed E-state index contributed by atoms with van der Waals surface area (Å²) in [4.78, 5) is 6.64. The van der Waals surface area contributed by atoms with Crippen molar-refractivity contribution in [3.05, 3.63) is 121 Å². The highest BCUT2D eigenvalue weighted by Crippen LogP contribution is 2.50. The molecule has 0 unspecified atom stereocenters. The molecule has 2 heterocycles. The van der Waals surface area contributed by atoms with Gasteiger partial charge in [-0.1, -0.05) is 60.7 Å². The first-order valence-corrected chi connectivity index (χ1v) is 11.0. The molecule has 0 spiro atoms. The first-order chi connectivity index (χ1) is 16.8. The number of hydrogen-bond acceptors (Lipinski definition) is 4. The van der Waals surface area contributed by atoms with E-state index in [0.29, 0.717) is 5.56 Å². The van der Waals surface area contributed by atoms with Gasteiger partial charge in [0.15, 0.2) is 11.5 Å². The molecule has 4 heteroatoms. The van der Waals surface area contributed by atoms with E-state index in [0.717, 1.165) is 50.9 Å². The molecule has 34 heavy (non-hydrogen) atoms. The second-order valence-corrected chi connectivity index (χ2v) is 8.04. The summed E-state index contributed by atoms with van der Waals surface area (Å²) in [5, 5.41) is 8.99. The lowest BCUT2D eigenvalue weighted by Gasteiger charge is -2.33. The summed E-state index contributed by atoms with van der Waals surface area (Å²) in [6.07, 6.45) is 1.60. The average Bonchev–Trinajstić information content (AvgIpc) is 2.92. The van der Waals surface area contributed by atoms with Crippen molar-refractivity contribution < 1.29 is 4.74 Å². The first-order valence-electron chi connectivity index (χ1n) is 11.0. The Morgan fingerprint density at radius 2 is 1.32 bits per heavy atom. The summed E-state index contributed by atoms with van der Waals surface area (Å²) in [6, 6.07) is 38.8. The largest absolute Gasteiger partial charge is 0.453 e. The van der Waals surface area contributed by atoms with Gasteiger partial charge < -0.3 is 9.64 Å². The van der Waals surface area contributed by atoms with Crippen LogP contribution in [0.5, 0.6) is 11.5 Å². The minimum Gasteiger partial charge on any atom is -0.453 e. The van der Waals surface area contributed by atoms with E-state index in [2.05, 4.69) is 76.6 Å². The summed E-state index contributed by atoms with van der Waals surface area (Å²) < 4.78 is 6.15. The Morgan fingerprint density at radius 1 is 0.647 bits per heavy atom. The van der Waals surface area contributed by atoms with Gasteiger partial charge in [0.05, 0.1) is 22.6 Å². The molecule has 0 atom stereocenters. The lowest BCUT2D eigenvalue weighted by Crippen LogP contribution is -2.15. The van der Waals surface area contributed by atoms with Crippen LogP contribution < -0.4 is 9.64 Å². The molecule has 0 fully saturated rings. The molecule has 0 saturated heterocycles. The zero-order chi connectivity index (χ0) is 22.9. The Bertz CT molecular complexity index is 1490. The van der Waals surface area contributed by atoms with E-state index in [-0.39, 0.29) is 0 Å². The van der Waals surface area contributed by atoms with Crippen LogP contribution in [0.2, 0.25) is 0 Å². The molecule has 0 N–H and O–H groups in total. The molecule has 1 aliphatic heterocycles. The molecule has 4 aromatic carbocycles. The fourth-order valence-electron chi connectivity index (χ4n) is 4.27. The second kappa shape index (κ2) is 8.23. The minimum atomic E-state index is 0.559. The van der Waals surface area contributed by atoms with E-state index in [9.17, 15) is 0 Å². The van der Waals surface area contributed by atoms with Crippen molar-refractivity contribution in [2.45, 2.75) is 0 Å². The number of para-hydroxylation sites is 4. The van der Waals surface area contributed by atoms with Crippen molar-refractivity contribution in [1.29, 1.82) is 5.26 Å². The van der Waals surface area contributed by atoms with E-state index >= 15 is 0 Å². The number of nitriles is 1. The molecule has 0 saturated carbocycles. The molecule has 5 aromatic rings. The summed E-state index contributed by atoms with van der Waals surface area (Å²) in [6.45, 7) is 0. The molecule has 0 radical (unpaired) electrons. The maximum absolute atomic E-state index is 8.99. The molecule has 4 nitrogen and oxygen atoms in total. The Morgan fingerprint density at radius 3 is 1.97 bits per heavy atom. The zero-order valence-corrected chi connectivity index (χ0v) is 18.2. The van der Waals surface area contributed by atoms with Gasteiger partial charge in [-0.25, -0.2) is 0 Å². The van der Waals surface area contributed by atoms with E-state index in [1.54, 1.807) is 12.3 Å². The number of nitrogens with zero attached hydrogens (tertiary/aromatic N) is 3. The third kappa shape index (κ3) is 3.46. The highest BCUT2D eigenvalue weighted by atomic mass is 16.5. The predicted octanol–water partition coefficient (Wildman–Crippen LogP) is 7.86. The lowest BCUT2D eigenvalue weighted by atomic mass is 10.0. The normalized spacial score (nSPS) is 11.7. The fraction of sp³-hybridized carbons (Fsp3) is 0. The van der Waals surface area contributed by atoms with Gasteiger partial charge in [-0.15, -0.1) is 0 Å². The van der Waals surface area contributed by atoms with Gasteiger partial charge in [-0.2, -0.15) is 5.26 Å². The van der Waals surface area contributed by atoms with Gasteiger partial charge in [0, 0.05) is 17.4 Å². The van der Waals surface area contributed by atoms with Crippen LogP contribution in [0, 0.1) is 11.3 Å². The van der Waals surface area contributed by atoms with Crippen molar-refractivity contribution in [3.63, 3.8) is 0 Å². The zero-order valence-electron chi connectivity index (χ0n) is 18.2. The van der Waals surface area contributed by atoms with Crippen molar-refractivity contribution >= 4 is 17.1 Å². The predicted molar refractivity (Wildman–Crippen MR) is 135 cm³/mol. The van der Waals surface area contributed by atoms with Crippen LogP contribution in [0.25, 0.3) is 22.4 Å². The Hall–Kier alpha value is -4.88. The second-order valence-electron chi connectivity index (χ2n) is 8.04. The van der Waals surface area contributed by atoms with E-state index in [1.807, 2.05) is 42.5 Å². The van der Waals surface area contributed by atoms with Gasteiger partial charge in [-0.3, -0.25) is 4.98 Å². The average molecular weight is 438 g/mol. The van der Waals surface area contributed by atoms with Crippen molar-refractivity contribution in [1.82, 2.24) is 4.98 Å². The monoisotopic (exact) mass is 437 g/mol. The number of hydrogen-bond donors (Lipinski definition) is 0. The van der Waals surface area contributed by atoms with E-state index in [1.165, 1.54) is 0 Å². The highest BCUT2D eigenvalue weighted by Gasteiger charge is 2.25. The number of fused-ring (bicyclic) bond motifs is 2. The smallest absolute Gasteiger partial charge is 0.151 e. The summed E-state index contributed by atoms with van der Waals surface area (Å²) in [7, 11) is 0. The molecule has 6 rings (SSSR count). The fourth-order valence-corrected chi connectivity index (χ4v) is 4.27. The van der Waals surface area contributed by atoms with E-state index < -0.39 is 0 Å². The van der Waals surface area contributed by atoms with Crippen molar-refractivity contribution in [3.8, 4) is 40.0 Å². The number of anilines is 3. The minimum absolute atomic E-state index is 0.559. The lowest BCUT2D eigenvalue weighted by molar-refractivity contribution is 0.477. The topological polar surface area (TPSA) is 49.2 Å². The molecule has 1 aliphatic rings. The first kappa shape index (κ1) is 19.8. The third-order valence-corrected chi connectivity index (χ3v) is 5.94. The molecule has 0 aliphatic carbocycles. The van der Waals surface area contributed by atoms with Crippen LogP contribution in [0.3, 0.4) is 0 Å². The van der Waals surface area contributed by atoms with E-state index in [4.69, 9.17) is 10.00 Å². The third-order valence-electron chi connectivity index (χ3n) is 5.94. The standard InChI is InChI=1S/C30H19N3O/c31-19-21-12-17-26(32-20-21)23-15-13-22(14-16-23)24-6-5-7-25(18-24)33-27-8-1-3-10-29(27)34-30-11-4-2-9-28(30)33/h1-18,20H. The quantitative estimate of drug-likeness (QED) is 0.283. The SMILES string of the molecule is N#Cc1ccc(-c2ccc(-c3cccc(N4c5ccccc5Oc5ccccc54)c3)cc2)nc1. The van der Waals surface area contributed by atoms with Crippen LogP contribution in [0.15, 0.2) is 115 Å². The van der Waals surface area contributed by atoms with Crippen LogP contribution in [-0.4, -0.2) is 4.98 Å². The van der Waals surface area contributed by atoms with Gasteiger partial charge in [0.2, 0.25) is 0 Å². The van der Waals surface area contributed by atoms with Gasteiger partial charge >= 0.3 is 0 Å². The molecular formula is C30H19N3O.